The van der Waals surface area contributed by atoms with Crippen LogP contribution in [0, 0.1) is 0 Å². The summed E-state index contributed by atoms with van der Waals surface area (Å²) in [7, 11) is -2.79. The molecule has 0 aliphatic heterocycles. The molecule has 0 aromatic carbocycles. The van der Waals surface area contributed by atoms with Crippen molar-refractivity contribution in [2.45, 2.75) is 11.8 Å². The van der Waals surface area contributed by atoms with E-state index in [4.69, 9.17) is 10.8 Å². The molecule has 0 spiro atoms. The fraction of sp³-hybridized carbons (Fsp3) is 0.750. The van der Waals surface area contributed by atoms with Crippen molar-refractivity contribution in [3.05, 3.63) is 0 Å². The van der Waals surface area contributed by atoms with Gasteiger partial charge >= 0.3 is 5.97 Å². The summed E-state index contributed by atoms with van der Waals surface area (Å²) in [5, 5.41) is 7.31. The lowest BCUT2D eigenvalue weighted by Crippen LogP contribution is -2.21. The van der Waals surface area contributed by atoms with Gasteiger partial charge in [-0.3, -0.25) is 4.79 Å². The third-order valence-corrected chi connectivity index (χ3v) is 3.23. The van der Waals surface area contributed by atoms with Crippen LogP contribution in [0.15, 0.2) is 0 Å². The van der Waals surface area contributed by atoms with E-state index < -0.39 is 20.2 Å². The normalized spacial score (nSPS) is 14.4. The summed E-state index contributed by atoms with van der Waals surface area (Å²) >= 11 is 0. The first-order chi connectivity index (χ1) is 4.81. The minimum absolute atomic E-state index is 0.349. The third kappa shape index (κ3) is 7.63. The Morgan fingerprint density at radius 3 is 2.45 bits per heavy atom. The summed E-state index contributed by atoms with van der Waals surface area (Å²) in [4.78, 5) is 10.0. The van der Waals surface area contributed by atoms with E-state index in [1.54, 1.807) is 0 Å². The lowest BCUT2D eigenvalue weighted by Gasteiger charge is -2.04. The molecular formula is C4H9NO4S2. The van der Waals surface area contributed by atoms with Gasteiger partial charge in [0.05, 0.1) is 11.8 Å². The fourth-order valence-electron chi connectivity index (χ4n) is 0.431. The van der Waals surface area contributed by atoms with Gasteiger partial charge in [0.15, 0.2) is 8.87 Å². The maximum atomic E-state index is 10.5. The Morgan fingerprint density at radius 2 is 2.18 bits per heavy atom. The second-order valence-corrected chi connectivity index (χ2v) is 6.54. The summed E-state index contributed by atoms with van der Waals surface area (Å²) < 4.78 is 21.0. The van der Waals surface area contributed by atoms with E-state index in [1.807, 2.05) is 0 Å². The van der Waals surface area contributed by atoms with E-state index in [0.717, 1.165) is 6.26 Å². The van der Waals surface area contributed by atoms with Crippen LogP contribution in [0.3, 0.4) is 0 Å². The van der Waals surface area contributed by atoms with Crippen LogP contribution in [-0.4, -0.2) is 31.1 Å². The molecule has 0 saturated carbocycles. The predicted molar refractivity (Wildman–Crippen MR) is 42.7 cm³/mol. The van der Waals surface area contributed by atoms with Gasteiger partial charge in [-0.05, 0) is 10.8 Å². The van der Waals surface area contributed by atoms with Gasteiger partial charge in [-0.1, -0.05) is 0 Å². The summed E-state index contributed by atoms with van der Waals surface area (Å²) in [6.07, 6.45) is 0.636. The topological polar surface area (TPSA) is 97.5 Å². The van der Waals surface area contributed by atoms with Crippen LogP contribution in [0.2, 0.25) is 0 Å². The number of hydrogen-bond donors (Lipinski definition) is 2. The van der Waals surface area contributed by atoms with E-state index in [1.165, 1.54) is 0 Å². The Labute approximate surface area is 68.3 Å². The first-order valence-corrected chi connectivity index (χ1v) is 5.95. The maximum absolute atomic E-state index is 10.5. The lowest BCUT2D eigenvalue weighted by atomic mass is 10.4. The van der Waals surface area contributed by atoms with Crippen LogP contribution in [-0.2, 0) is 13.7 Å². The number of nitrogens with two attached hydrogens (primary N) is 1. The predicted octanol–water partition coefficient (Wildman–Crippen LogP) is -0.561. The summed E-state index contributed by atoms with van der Waals surface area (Å²) in [5.41, 5.74) is 5.16. The standard InChI is InChI=1S/C4H9NO4S2/c1-11(8,9)10-3(5)2-4(6)7/h3H,2,5H2,1H3,(H,6,7). The van der Waals surface area contributed by atoms with Crippen molar-refractivity contribution in [2.24, 2.45) is 5.73 Å². The van der Waals surface area contributed by atoms with E-state index in [-0.39, 0.29) is 6.42 Å². The number of aliphatic carboxylic acids is 1. The molecule has 5 nitrogen and oxygen atoms in total. The smallest absolute Gasteiger partial charge is 0.305 e. The van der Waals surface area contributed by atoms with Crippen molar-refractivity contribution in [1.29, 1.82) is 0 Å². The summed E-state index contributed by atoms with van der Waals surface area (Å²) in [6.45, 7) is 0. The largest absolute Gasteiger partial charge is 0.481 e. The van der Waals surface area contributed by atoms with Crippen molar-refractivity contribution < 1.29 is 18.3 Å². The van der Waals surface area contributed by atoms with Gasteiger partial charge in [0.1, 0.15) is 0 Å². The van der Waals surface area contributed by atoms with Gasteiger partial charge in [-0.2, -0.15) is 0 Å². The zero-order chi connectivity index (χ0) is 9.07. The number of rotatable bonds is 4. The minimum atomic E-state index is -3.24. The zero-order valence-corrected chi connectivity index (χ0v) is 7.48. The summed E-state index contributed by atoms with van der Waals surface area (Å²) in [6, 6.07) is 0. The molecular weight excluding hydrogens is 190 g/mol. The van der Waals surface area contributed by atoms with Crippen LogP contribution in [0.1, 0.15) is 6.42 Å². The maximum Gasteiger partial charge on any atom is 0.305 e. The van der Waals surface area contributed by atoms with Gasteiger partial charge in [0.2, 0.25) is 0 Å². The molecule has 1 unspecified atom stereocenters. The average molecular weight is 199 g/mol. The van der Waals surface area contributed by atoms with Gasteiger partial charge in [0, 0.05) is 6.26 Å². The SMILES string of the molecule is CS(=O)(=O)SC(N)CC(=O)O. The van der Waals surface area contributed by atoms with Crippen molar-refractivity contribution in [3.8, 4) is 0 Å². The molecule has 0 bridgehead atoms. The number of carboxylic acid groups (broad SMARTS) is 1. The van der Waals surface area contributed by atoms with Crippen molar-refractivity contribution in [3.63, 3.8) is 0 Å². The molecule has 0 rings (SSSR count). The van der Waals surface area contributed by atoms with Gasteiger partial charge in [-0.15, -0.1) is 0 Å². The molecule has 0 amide bonds. The van der Waals surface area contributed by atoms with E-state index in [2.05, 4.69) is 0 Å². The van der Waals surface area contributed by atoms with Crippen LogP contribution in [0.25, 0.3) is 0 Å². The molecule has 0 aromatic rings. The molecule has 0 aliphatic carbocycles. The Hall–Kier alpha value is -0.270. The van der Waals surface area contributed by atoms with E-state index >= 15 is 0 Å². The Balaban J connectivity index is 3.89. The van der Waals surface area contributed by atoms with Crippen LogP contribution >= 0.6 is 10.8 Å². The summed E-state index contributed by atoms with van der Waals surface area (Å²) in [5.74, 6) is -1.10. The lowest BCUT2D eigenvalue weighted by molar-refractivity contribution is -0.136. The van der Waals surface area contributed by atoms with E-state index in [9.17, 15) is 13.2 Å². The highest BCUT2D eigenvalue weighted by Gasteiger charge is 2.14. The second kappa shape index (κ2) is 3.93. The molecule has 7 heteroatoms. The van der Waals surface area contributed by atoms with Gasteiger partial charge in [-0.25, -0.2) is 8.42 Å². The fourth-order valence-corrected chi connectivity index (χ4v) is 2.64. The highest BCUT2D eigenvalue weighted by atomic mass is 33.1. The number of carboxylic acids is 1. The molecule has 0 heterocycles. The first-order valence-electron chi connectivity index (χ1n) is 2.67. The molecule has 3 N–H and O–H groups in total. The number of hydrogen-bond acceptors (Lipinski definition) is 5. The quantitative estimate of drug-likeness (QED) is 0.465. The van der Waals surface area contributed by atoms with Crippen LogP contribution in [0.5, 0.6) is 0 Å². The van der Waals surface area contributed by atoms with E-state index in [0.29, 0.717) is 10.8 Å². The highest BCUT2D eigenvalue weighted by Crippen LogP contribution is 2.15. The first kappa shape index (κ1) is 10.7. The minimum Gasteiger partial charge on any atom is -0.481 e. The molecule has 66 valence electrons. The van der Waals surface area contributed by atoms with Crippen LogP contribution in [0.4, 0.5) is 0 Å². The molecule has 11 heavy (non-hydrogen) atoms. The van der Waals surface area contributed by atoms with Gasteiger partial charge < -0.3 is 10.8 Å². The Kier molecular flexibility index (Phi) is 3.84. The van der Waals surface area contributed by atoms with Gasteiger partial charge in [0.25, 0.3) is 0 Å². The second-order valence-electron chi connectivity index (χ2n) is 1.94. The molecule has 0 fully saturated rings. The average Bonchev–Trinajstić information content (AvgIpc) is 1.53. The zero-order valence-electron chi connectivity index (χ0n) is 5.85. The van der Waals surface area contributed by atoms with Crippen molar-refractivity contribution >= 4 is 25.6 Å². The van der Waals surface area contributed by atoms with Crippen molar-refractivity contribution in [2.75, 3.05) is 6.26 Å². The van der Waals surface area contributed by atoms with Crippen LogP contribution < -0.4 is 5.73 Å². The number of carbonyl (C=O) groups is 1. The Morgan fingerprint density at radius 1 is 1.73 bits per heavy atom. The molecule has 0 aromatic heterocycles. The highest BCUT2D eigenvalue weighted by molar-refractivity contribution is 8.72. The monoisotopic (exact) mass is 199 g/mol. The molecule has 0 radical (unpaired) electrons. The van der Waals surface area contributed by atoms with Crippen molar-refractivity contribution in [1.82, 2.24) is 0 Å². The molecule has 1 atom stereocenters. The molecule has 0 aliphatic rings. The Bertz CT molecular complexity index is 234. The third-order valence-electron chi connectivity index (χ3n) is 0.674. The molecule has 0 saturated heterocycles.